The van der Waals surface area contributed by atoms with Crippen LogP contribution in [0.15, 0.2) is 54.6 Å². The summed E-state index contributed by atoms with van der Waals surface area (Å²) in [5.74, 6) is -2.90. The number of anilines is 1. The first kappa shape index (κ1) is 20.2. The van der Waals surface area contributed by atoms with Crippen LogP contribution in [-0.2, 0) is 5.92 Å². The number of benzene rings is 2. The Balaban J connectivity index is 1.94. The lowest BCUT2D eigenvalue weighted by Crippen LogP contribution is -2.43. The maximum atomic E-state index is 13.5. The Kier molecular flexibility index (Phi) is 5.45. The summed E-state index contributed by atoms with van der Waals surface area (Å²) in [4.78, 5) is 17.0. The zero-order valence-corrected chi connectivity index (χ0v) is 16.1. The molecular formula is C21H20F2N3O3+. The van der Waals surface area contributed by atoms with E-state index >= 15 is 0 Å². The van der Waals surface area contributed by atoms with Crippen LogP contribution in [0.3, 0.4) is 0 Å². The van der Waals surface area contributed by atoms with Gasteiger partial charge in [0, 0.05) is 31.2 Å². The molecule has 0 unspecified atom stereocenters. The summed E-state index contributed by atoms with van der Waals surface area (Å²) in [5.41, 5.74) is 0.947. The van der Waals surface area contributed by atoms with Gasteiger partial charge in [0.1, 0.15) is 5.75 Å². The van der Waals surface area contributed by atoms with Crippen LogP contribution in [0.4, 0.5) is 14.5 Å². The Morgan fingerprint density at radius 1 is 1.17 bits per heavy atom. The van der Waals surface area contributed by atoms with Gasteiger partial charge in [-0.3, -0.25) is 4.79 Å². The van der Waals surface area contributed by atoms with Gasteiger partial charge in [0.2, 0.25) is 5.69 Å². The zero-order valence-electron chi connectivity index (χ0n) is 16.1. The van der Waals surface area contributed by atoms with Crippen molar-refractivity contribution in [3.63, 3.8) is 0 Å². The van der Waals surface area contributed by atoms with Crippen molar-refractivity contribution >= 4 is 11.6 Å². The van der Waals surface area contributed by atoms with Gasteiger partial charge in [-0.15, -0.1) is 0 Å². The van der Waals surface area contributed by atoms with Gasteiger partial charge in [0.15, 0.2) is 5.69 Å². The first-order valence-corrected chi connectivity index (χ1v) is 8.76. The van der Waals surface area contributed by atoms with Gasteiger partial charge in [-0.1, -0.05) is 12.1 Å². The minimum atomic E-state index is -3.04. The zero-order chi connectivity index (χ0) is 21.2. The number of carbonyl (C=O) groups is 1. The third-order valence-electron chi connectivity index (χ3n) is 4.26. The molecule has 0 spiro atoms. The van der Waals surface area contributed by atoms with E-state index in [1.807, 2.05) is 0 Å². The van der Waals surface area contributed by atoms with Gasteiger partial charge in [0.05, 0.1) is 12.7 Å². The van der Waals surface area contributed by atoms with Crippen LogP contribution < -0.4 is 14.8 Å². The van der Waals surface area contributed by atoms with E-state index in [1.165, 1.54) is 37.4 Å². The van der Waals surface area contributed by atoms with E-state index in [1.54, 1.807) is 31.2 Å². The molecule has 0 fully saturated rings. The molecular weight excluding hydrogens is 380 g/mol. The van der Waals surface area contributed by atoms with E-state index in [4.69, 9.17) is 4.74 Å². The highest BCUT2D eigenvalue weighted by Gasteiger charge is 2.27. The van der Waals surface area contributed by atoms with Crippen LogP contribution in [0.5, 0.6) is 5.75 Å². The molecule has 0 aliphatic heterocycles. The van der Waals surface area contributed by atoms with Crippen molar-refractivity contribution in [2.75, 3.05) is 12.4 Å². The lowest BCUT2D eigenvalue weighted by atomic mass is 10.1. The number of carbonyl (C=O) groups excluding carboxylic acids is 1. The highest BCUT2D eigenvalue weighted by molar-refractivity contribution is 6.02. The molecule has 8 heteroatoms. The molecule has 0 saturated carbocycles. The normalized spacial score (nSPS) is 11.2. The molecule has 0 aliphatic rings. The van der Waals surface area contributed by atoms with Crippen LogP contribution in [0.25, 0.3) is 11.4 Å². The lowest BCUT2D eigenvalue weighted by Gasteiger charge is -2.12. The number of halogens is 2. The number of alkyl halides is 2. The summed E-state index contributed by atoms with van der Waals surface area (Å²) in [6, 6.07) is 13.6. The van der Waals surface area contributed by atoms with E-state index in [2.05, 4.69) is 10.3 Å². The minimum Gasteiger partial charge on any atom is -0.497 e. The Hall–Kier alpha value is -3.55. The third-order valence-corrected chi connectivity index (χ3v) is 4.26. The van der Waals surface area contributed by atoms with Crippen molar-refractivity contribution in [3.05, 3.63) is 71.5 Å². The lowest BCUT2D eigenvalue weighted by molar-refractivity contribution is -0.898. The molecule has 3 aromatic rings. The molecule has 150 valence electrons. The van der Waals surface area contributed by atoms with E-state index in [0.29, 0.717) is 21.7 Å². The van der Waals surface area contributed by atoms with Crippen molar-refractivity contribution in [1.29, 1.82) is 0 Å². The fourth-order valence-corrected chi connectivity index (χ4v) is 2.77. The number of aryl methyl sites for hydroxylation is 1. The number of aromatic nitrogens is 2. The average Bonchev–Trinajstić information content (AvgIpc) is 2.69. The van der Waals surface area contributed by atoms with Crippen LogP contribution in [-0.4, -0.2) is 23.2 Å². The molecule has 0 saturated heterocycles. The monoisotopic (exact) mass is 400 g/mol. The topological polar surface area (TPSA) is 75.3 Å². The quantitative estimate of drug-likeness (QED) is 0.502. The van der Waals surface area contributed by atoms with E-state index < -0.39 is 11.8 Å². The fourth-order valence-electron chi connectivity index (χ4n) is 2.77. The number of rotatable bonds is 5. The molecule has 1 amide bonds. The van der Waals surface area contributed by atoms with Crippen molar-refractivity contribution in [2.24, 2.45) is 0 Å². The first-order valence-electron chi connectivity index (χ1n) is 8.76. The highest BCUT2D eigenvalue weighted by Crippen LogP contribution is 2.28. The summed E-state index contributed by atoms with van der Waals surface area (Å²) < 4.78 is 32.8. The van der Waals surface area contributed by atoms with Crippen LogP contribution in [0.1, 0.15) is 28.7 Å². The van der Waals surface area contributed by atoms with Crippen molar-refractivity contribution < 1.29 is 28.2 Å². The molecule has 0 atom stereocenters. The number of hydrogen-bond donors (Lipinski definition) is 2. The summed E-state index contributed by atoms with van der Waals surface area (Å²) in [6.45, 7) is 2.46. The second-order valence-electron chi connectivity index (χ2n) is 6.57. The highest BCUT2D eigenvalue weighted by atomic mass is 19.3. The summed E-state index contributed by atoms with van der Waals surface area (Å²) in [6.07, 6.45) is 0. The van der Waals surface area contributed by atoms with Gasteiger partial charge in [-0.25, -0.2) is 8.78 Å². The first-order chi connectivity index (χ1) is 13.7. The van der Waals surface area contributed by atoms with E-state index in [9.17, 15) is 18.8 Å². The van der Waals surface area contributed by atoms with Gasteiger partial charge in [-0.05, 0) is 46.1 Å². The van der Waals surface area contributed by atoms with Gasteiger partial charge in [-0.2, -0.15) is 0 Å². The predicted octanol–water partition coefficient (Wildman–Crippen LogP) is 3.95. The molecule has 1 aromatic heterocycles. The van der Waals surface area contributed by atoms with Crippen LogP contribution >= 0.6 is 0 Å². The predicted molar refractivity (Wildman–Crippen MR) is 102 cm³/mol. The second kappa shape index (κ2) is 7.83. The van der Waals surface area contributed by atoms with Gasteiger partial charge >= 0.3 is 5.82 Å². The van der Waals surface area contributed by atoms with E-state index in [-0.39, 0.29) is 22.8 Å². The standard InChI is InChI=1S/C21H19F2N3O3/c1-13-11-18(20(27)25-16-6-4-5-15(12-16)21(2,22)23)26(28)19(24-13)14-7-9-17(29-3)10-8-14/h4-12H,1-3H3,(H-,25,27,28)/p+1. The number of amides is 1. The Bertz CT molecular complexity index is 1050. The fraction of sp³-hybridized carbons (Fsp3) is 0.190. The van der Waals surface area contributed by atoms with E-state index in [0.717, 1.165) is 6.92 Å². The molecule has 0 radical (unpaired) electrons. The number of nitrogens with zero attached hydrogens (tertiary/aromatic N) is 2. The minimum absolute atomic E-state index is 0.0861. The van der Waals surface area contributed by atoms with Gasteiger partial charge in [0.25, 0.3) is 11.8 Å². The third kappa shape index (κ3) is 4.48. The molecule has 3 rings (SSSR count). The second-order valence-corrected chi connectivity index (χ2v) is 6.57. The number of ether oxygens (including phenoxy) is 1. The molecule has 2 aromatic carbocycles. The molecule has 0 aliphatic carbocycles. The maximum Gasteiger partial charge on any atom is 0.369 e. The van der Waals surface area contributed by atoms with Crippen LogP contribution in [0, 0.1) is 6.92 Å². The van der Waals surface area contributed by atoms with Crippen molar-refractivity contribution in [1.82, 2.24) is 4.98 Å². The molecule has 0 bridgehead atoms. The summed E-state index contributed by atoms with van der Waals surface area (Å²) in [5, 5.41) is 13.1. The summed E-state index contributed by atoms with van der Waals surface area (Å²) >= 11 is 0. The largest absolute Gasteiger partial charge is 0.497 e. The molecule has 6 nitrogen and oxygen atoms in total. The Morgan fingerprint density at radius 3 is 2.48 bits per heavy atom. The summed E-state index contributed by atoms with van der Waals surface area (Å²) in [7, 11) is 1.54. The smallest absolute Gasteiger partial charge is 0.369 e. The van der Waals surface area contributed by atoms with Gasteiger partial charge < -0.3 is 15.3 Å². The van der Waals surface area contributed by atoms with Crippen molar-refractivity contribution in [2.45, 2.75) is 19.8 Å². The number of nitrogens with one attached hydrogen (secondary N) is 1. The van der Waals surface area contributed by atoms with Crippen LogP contribution in [0.2, 0.25) is 0 Å². The SMILES string of the molecule is COc1ccc(-c2nc(C)cc(C(=O)Nc3cccc(C(C)(F)F)c3)[n+]2O)cc1. The maximum absolute atomic E-state index is 13.5. The Labute approximate surface area is 166 Å². The number of hydrogen-bond acceptors (Lipinski definition) is 4. The molecule has 2 N–H and O–H groups in total. The van der Waals surface area contributed by atoms with Crippen molar-refractivity contribution in [3.8, 4) is 17.1 Å². The number of methoxy groups -OCH3 is 1. The molecule has 29 heavy (non-hydrogen) atoms. The Morgan fingerprint density at radius 2 is 1.86 bits per heavy atom. The average molecular weight is 400 g/mol. The molecule has 1 heterocycles.